The molecule has 6 heteroatoms. The number of ether oxygens (including phenoxy) is 2. The van der Waals surface area contributed by atoms with Crippen LogP contribution in [-0.2, 0) is 4.79 Å². The molecule has 1 atom stereocenters. The van der Waals surface area contributed by atoms with E-state index in [1.54, 1.807) is 7.11 Å². The molecule has 1 N–H and O–H groups in total. The maximum absolute atomic E-state index is 12.3. The van der Waals surface area contributed by atoms with Crippen LogP contribution in [0, 0.1) is 0 Å². The Morgan fingerprint density at radius 1 is 1.12 bits per heavy atom. The minimum atomic E-state index is -0.137. The Hall–Kier alpha value is -1.85. The second-order valence-electron chi connectivity index (χ2n) is 5.28. The molecule has 0 aromatic heterocycles. The van der Waals surface area contributed by atoms with Crippen molar-refractivity contribution in [2.75, 3.05) is 20.3 Å². The zero-order valence-corrected chi connectivity index (χ0v) is 15.9. The monoisotopic (exact) mass is 379 g/mol. The van der Waals surface area contributed by atoms with Crippen LogP contribution in [0.4, 0.5) is 0 Å². The maximum Gasteiger partial charge on any atom is 0.233 e. The van der Waals surface area contributed by atoms with Crippen molar-refractivity contribution in [2.24, 2.45) is 0 Å². The van der Waals surface area contributed by atoms with E-state index in [1.807, 2.05) is 55.5 Å². The molecule has 2 rings (SSSR count). The average Bonchev–Trinajstić information content (AvgIpc) is 2.65. The fourth-order valence-corrected chi connectivity index (χ4v) is 3.23. The summed E-state index contributed by atoms with van der Waals surface area (Å²) in [6.45, 7) is 2.88. The number of hydrogen-bond acceptors (Lipinski definition) is 4. The minimum absolute atomic E-state index is 0.0146. The molecule has 1 amide bonds. The lowest BCUT2D eigenvalue weighted by Crippen LogP contribution is -2.35. The second kappa shape index (κ2) is 10.2. The standard InChI is InChI=1S/C19H22ClNO3S/c1-3-18(25-17-10-4-14(20)5-11-17)19(22)21-12-13-24-16-8-6-15(23-2)7-9-16/h4-11,18H,3,12-13H2,1-2H3,(H,21,22). The summed E-state index contributed by atoms with van der Waals surface area (Å²) in [5.74, 6) is 1.55. The Morgan fingerprint density at radius 2 is 1.76 bits per heavy atom. The predicted octanol–water partition coefficient (Wildman–Crippen LogP) is 4.41. The van der Waals surface area contributed by atoms with E-state index < -0.39 is 0 Å². The van der Waals surface area contributed by atoms with Gasteiger partial charge in [0.1, 0.15) is 18.1 Å². The third kappa shape index (κ3) is 6.52. The van der Waals surface area contributed by atoms with Gasteiger partial charge in [0.2, 0.25) is 5.91 Å². The van der Waals surface area contributed by atoms with Gasteiger partial charge >= 0.3 is 0 Å². The minimum Gasteiger partial charge on any atom is -0.497 e. The molecule has 25 heavy (non-hydrogen) atoms. The van der Waals surface area contributed by atoms with Crippen molar-refractivity contribution in [3.8, 4) is 11.5 Å². The van der Waals surface area contributed by atoms with E-state index in [1.165, 1.54) is 11.8 Å². The molecule has 4 nitrogen and oxygen atoms in total. The van der Waals surface area contributed by atoms with Crippen LogP contribution in [0.2, 0.25) is 5.02 Å². The van der Waals surface area contributed by atoms with Crippen LogP contribution in [-0.4, -0.2) is 31.4 Å². The molecule has 1 unspecified atom stereocenters. The highest BCUT2D eigenvalue weighted by molar-refractivity contribution is 8.00. The molecule has 0 saturated heterocycles. The molecular formula is C19H22ClNO3S. The quantitative estimate of drug-likeness (QED) is 0.517. The summed E-state index contributed by atoms with van der Waals surface area (Å²) in [6.07, 6.45) is 0.748. The van der Waals surface area contributed by atoms with Crippen molar-refractivity contribution in [1.82, 2.24) is 5.32 Å². The predicted molar refractivity (Wildman–Crippen MR) is 103 cm³/mol. The lowest BCUT2D eigenvalue weighted by Gasteiger charge is -2.15. The Bertz CT molecular complexity index is 661. The number of benzene rings is 2. The number of thioether (sulfide) groups is 1. The first-order chi connectivity index (χ1) is 12.1. The van der Waals surface area contributed by atoms with E-state index in [9.17, 15) is 4.79 Å². The summed E-state index contributed by atoms with van der Waals surface area (Å²) in [5.41, 5.74) is 0. The molecule has 0 aliphatic heterocycles. The molecule has 2 aromatic carbocycles. The Balaban J connectivity index is 1.74. The van der Waals surface area contributed by atoms with Gasteiger partial charge in [0, 0.05) is 9.92 Å². The molecular weight excluding hydrogens is 358 g/mol. The Kier molecular flexibility index (Phi) is 7.95. The first-order valence-electron chi connectivity index (χ1n) is 8.09. The van der Waals surface area contributed by atoms with Gasteiger partial charge in [-0.25, -0.2) is 0 Å². The third-order valence-corrected chi connectivity index (χ3v) is 5.11. The van der Waals surface area contributed by atoms with Gasteiger partial charge in [0.05, 0.1) is 18.9 Å². The molecule has 0 aliphatic carbocycles. The van der Waals surface area contributed by atoms with Gasteiger partial charge in [-0.15, -0.1) is 11.8 Å². The fourth-order valence-electron chi connectivity index (χ4n) is 2.13. The smallest absolute Gasteiger partial charge is 0.233 e. The number of rotatable bonds is 9. The molecule has 0 spiro atoms. The van der Waals surface area contributed by atoms with Crippen LogP contribution in [0.3, 0.4) is 0 Å². The van der Waals surface area contributed by atoms with E-state index in [-0.39, 0.29) is 11.2 Å². The summed E-state index contributed by atoms with van der Waals surface area (Å²) < 4.78 is 10.7. The molecule has 0 heterocycles. The summed E-state index contributed by atoms with van der Waals surface area (Å²) >= 11 is 7.43. The SMILES string of the molecule is CCC(Sc1ccc(Cl)cc1)C(=O)NCCOc1ccc(OC)cc1. The number of methoxy groups -OCH3 is 1. The maximum atomic E-state index is 12.3. The zero-order valence-electron chi connectivity index (χ0n) is 14.3. The highest BCUT2D eigenvalue weighted by Crippen LogP contribution is 2.26. The number of carbonyl (C=O) groups is 1. The number of hydrogen-bond donors (Lipinski definition) is 1. The highest BCUT2D eigenvalue weighted by Gasteiger charge is 2.17. The van der Waals surface area contributed by atoms with Crippen molar-refractivity contribution >= 4 is 29.3 Å². The van der Waals surface area contributed by atoms with E-state index in [4.69, 9.17) is 21.1 Å². The zero-order chi connectivity index (χ0) is 18.1. The van der Waals surface area contributed by atoms with Gasteiger partial charge < -0.3 is 14.8 Å². The number of halogens is 1. The van der Waals surface area contributed by atoms with Gasteiger partial charge in [-0.2, -0.15) is 0 Å². The van der Waals surface area contributed by atoms with Crippen LogP contribution in [0.15, 0.2) is 53.4 Å². The van der Waals surface area contributed by atoms with Crippen molar-refractivity contribution in [1.29, 1.82) is 0 Å². The summed E-state index contributed by atoms with van der Waals surface area (Å²) in [6, 6.07) is 14.9. The molecule has 134 valence electrons. The number of nitrogens with one attached hydrogen (secondary N) is 1. The molecule has 0 radical (unpaired) electrons. The summed E-state index contributed by atoms with van der Waals surface area (Å²) in [4.78, 5) is 13.3. The summed E-state index contributed by atoms with van der Waals surface area (Å²) in [7, 11) is 1.62. The first-order valence-corrected chi connectivity index (χ1v) is 9.35. The van der Waals surface area contributed by atoms with E-state index >= 15 is 0 Å². The first kappa shape index (κ1) is 19.5. The molecule has 0 saturated carbocycles. The van der Waals surface area contributed by atoms with Gasteiger partial charge in [0.15, 0.2) is 0 Å². The van der Waals surface area contributed by atoms with Crippen LogP contribution < -0.4 is 14.8 Å². The van der Waals surface area contributed by atoms with Crippen LogP contribution in [0.5, 0.6) is 11.5 Å². The molecule has 0 bridgehead atoms. The topological polar surface area (TPSA) is 47.6 Å². The Labute approximate surface area is 157 Å². The van der Waals surface area contributed by atoms with E-state index in [0.717, 1.165) is 22.8 Å². The summed E-state index contributed by atoms with van der Waals surface area (Å²) in [5, 5.41) is 3.48. The fraction of sp³-hybridized carbons (Fsp3) is 0.316. The van der Waals surface area contributed by atoms with Crippen LogP contribution >= 0.6 is 23.4 Å². The average molecular weight is 380 g/mol. The van der Waals surface area contributed by atoms with Gasteiger partial charge in [-0.3, -0.25) is 4.79 Å². The number of amides is 1. The lowest BCUT2D eigenvalue weighted by atomic mass is 10.3. The van der Waals surface area contributed by atoms with E-state index in [2.05, 4.69) is 5.32 Å². The van der Waals surface area contributed by atoms with Gasteiger partial charge in [-0.1, -0.05) is 18.5 Å². The molecule has 0 aliphatic rings. The Morgan fingerprint density at radius 3 is 2.36 bits per heavy atom. The largest absolute Gasteiger partial charge is 0.497 e. The molecule has 2 aromatic rings. The third-order valence-electron chi connectivity index (χ3n) is 3.48. The van der Waals surface area contributed by atoms with E-state index in [0.29, 0.717) is 18.2 Å². The van der Waals surface area contributed by atoms with Crippen molar-refractivity contribution in [3.63, 3.8) is 0 Å². The number of carbonyl (C=O) groups excluding carboxylic acids is 1. The van der Waals surface area contributed by atoms with Gasteiger partial charge in [0.25, 0.3) is 0 Å². The van der Waals surface area contributed by atoms with Crippen molar-refractivity contribution < 1.29 is 14.3 Å². The van der Waals surface area contributed by atoms with Crippen LogP contribution in [0.1, 0.15) is 13.3 Å². The molecule has 0 fully saturated rings. The van der Waals surface area contributed by atoms with Crippen molar-refractivity contribution in [3.05, 3.63) is 53.6 Å². The van der Waals surface area contributed by atoms with Gasteiger partial charge in [-0.05, 0) is 55.0 Å². The second-order valence-corrected chi connectivity index (χ2v) is 7.00. The van der Waals surface area contributed by atoms with Crippen molar-refractivity contribution in [2.45, 2.75) is 23.5 Å². The van der Waals surface area contributed by atoms with Crippen LogP contribution in [0.25, 0.3) is 0 Å². The lowest BCUT2D eigenvalue weighted by molar-refractivity contribution is -0.120. The normalized spacial score (nSPS) is 11.6. The highest BCUT2D eigenvalue weighted by atomic mass is 35.5.